The number of nitrogens with zero attached hydrogens (tertiary/aromatic N) is 2. The Balaban J connectivity index is 2.12. The highest BCUT2D eigenvalue weighted by molar-refractivity contribution is 6.39. The summed E-state index contributed by atoms with van der Waals surface area (Å²) in [6.07, 6.45) is 0. The lowest BCUT2D eigenvalue weighted by atomic mass is 10.3. The first kappa shape index (κ1) is 14.5. The molecule has 6 nitrogen and oxygen atoms in total. The van der Waals surface area contributed by atoms with Crippen molar-refractivity contribution < 1.29 is 14.4 Å². The summed E-state index contributed by atoms with van der Waals surface area (Å²) in [5, 5.41) is 4.22. The summed E-state index contributed by atoms with van der Waals surface area (Å²) < 4.78 is 0. The van der Waals surface area contributed by atoms with Crippen LogP contribution in [0.25, 0.3) is 0 Å². The minimum absolute atomic E-state index is 0.315. The zero-order valence-corrected chi connectivity index (χ0v) is 11.5. The Kier molecular flexibility index (Phi) is 5.09. The summed E-state index contributed by atoms with van der Waals surface area (Å²) in [5.41, 5.74) is 0.558. The quantitative estimate of drug-likeness (QED) is 0.642. The summed E-state index contributed by atoms with van der Waals surface area (Å²) in [4.78, 5) is 31.4. The number of carbonyl (C=O) groups excluding carboxylic acids is 2. The van der Waals surface area contributed by atoms with Crippen molar-refractivity contribution in [2.45, 2.75) is 6.92 Å². The van der Waals surface area contributed by atoms with Crippen molar-refractivity contribution in [3.8, 4) is 0 Å². The van der Waals surface area contributed by atoms with Gasteiger partial charge in [0, 0.05) is 26.2 Å². The number of amides is 2. The van der Waals surface area contributed by atoms with E-state index in [4.69, 9.17) is 4.84 Å². The Bertz CT molecular complexity index is 458. The molecule has 0 unspecified atom stereocenters. The molecule has 6 heteroatoms. The van der Waals surface area contributed by atoms with Crippen molar-refractivity contribution in [2.75, 3.05) is 37.8 Å². The van der Waals surface area contributed by atoms with E-state index in [9.17, 15) is 9.59 Å². The summed E-state index contributed by atoms with van der Waals surface area (Å²) in [7, 11) is 0. The molecule has 0 spiro atoms. The van der Waals surface area contributed by atoms with E-state index in [1.807, 2.05) is 6.07 Å². The molecule has 1 aromatic rings. The molecule has 0 saturated carbocycles. The van der Waals surface area contributed by atoms with E-state index < -0.39 is 11.8 Å². The average molecular weight is 277 g/mol. The number of benzene rings is 1. The third kappa shape index (κ3) is 3.34. The fraction of sp³-hybridized carbons (Fsp3) is 0.429. The molecule has 108 valence electrons. The van der Waals surface area contributed by atoms with Crippen LogP contribution in [0.15, 0.2) is 30.3 Å². The second-order valence-corrected chi connectivity index (χ2v) is 4.40. The van der Waals surface area contributed by atoms with Gasteiger partial charge >= 0.3 is 11.8 Å². The number of nitrogens with one attached hydrogen (secondary N) is 1. The van der Waals surface area contributed by atoms with Crippen molar-refractivity contribution in [2.24, 2.45) is 0 Å². The molecule has 1 saturated heterocycles. The van der Waals surface area contributed by atoms with E-state index in [1.54, 1.807) is 36.1 Å². The average Bonchev–Trinajstić information content (AvgIpc) is 2.53. The summed E-state index contributed by atoms with van der Waals surface area (Å²) >= 11 is 0. The van der Waals surface area contributed by atoms with Crippen LogP contribution in [0.2, 0.25) is 0 Å². The molecule has 0 aliphatic carbocycles. The van der Waals surface area contributed by atoms with Gasteiger partial charge in [-0.05, 0) is 19.1 Å². The largest absolute Gasteiger partial charge is 0.340 e. The monoisotopic (exact) mass is 277 g/mol. The lowest BCUT2D eigenvalue weighted by Gasteiger charge is -2.29. The third-order valence-electron chi connectivity index (χ3n) is 3.02. The zero-order valence-electron chi connectivity index (χ0n) is 11.5. The molecule has 20 heavy (non-hydrogen) atoms. The molecule has 2 rings (SSSR count). The van der Waals surface area contributed by atoms with Crippen LogP contribution in [-0.4, -0.2) is 49.5 Å². The lowest BCUT2D eigenvalue weighted by molar-refractivity contribution is -0.148. The molecule has 1 heterocycles. The molecule has 0 atom stereocenters. The minimum Gasteiger partial charge on any atom is -0.332 e. The van der Waals surface area contributed by atoms with E-state index in [0.717, 1.165) is 5.06 Å². The van der Waals surface area contributed by atoms with Gasteiger partial charge in [-0.15, -0.1) is 0 Å². The Morgan fingerprint density at radius 3 is 2.50 bits per heavy atom. The zero-order chi connectivity index (χ0) is 14.4. The molecule has 0 radical (unpaired) electrons. The van der Waals surface area contributed by atoms with Crippen molar-refractivity contribution in [1.82, 2.24) is 10.2 Å². The van der Waals surface area contributed by atoms with Crippen LogP contribution in [0, 0.1) is 0 Å². The van der Waals surface area contributed by atoms with E-state index >= 15 is 0 Å². The van der Waals surface area contributed by atoms with Gasteiger partial charge in [0.05, 0.1) is 12.3 Å². The fourth-order valence-corrected chi connectivity index (χ4v) is 2.03. The molecule has 0 aromatic heterocycles. The van der Waals surface area contributed by atoms with Gasteiger partial charge in [-0.25, -0.2) is 0 Å². The van der Waals surface area contributed by atoms with E-state index in [2.05, 4.69) is 5.32 Å². The standard InChI is InChI=1S/C14H19N3O3/c1-2-20-17(12-6-4-3-5-7-12)14(19)13(18)16-10-8-15-9-11-16/h3-7,15H,2,8-11H2,1H3. The number of hydroxylamine groups is 1. The Morgan fingerprint density at radius 2 is 1.90 bits per heavy atom. The molecule has 1 N–H and O–H groups in total. The first-order chi connectivity index (χ1) is 9.74. The van der Waals surface area contributed by atoms with Gasteiger partial charge < -0.3 is 10.2 Å². The highest BCUT2D eigenvalue weighted by atomic mass is 16.7. The highest BCUT2D eigenvalue weighted by Gasteiger charge is 2.29. The van der Waals surface area contributed by atoms with Crippen LogP contribution < -0.4 is 10.4 Å². The van der Waals surface area contributed by atoms with Crippen LogP contribution >= 0.6 is 0 Å². The number of hydrogen-bond donors (Lipinski definition) is 1. The van der Waals surface area contributed by atoms with Crippen molar-refractivity contribution in [3.05, 3.63) is 30.3 Å². The highest BCUT2D eigenvalue weighted by Crippen LogP contribution is 2.15. The molecule has 0 bridgehead atoms. The molecule has 1 fully saturated rings. The predicted octanol–water partition coefficient (Wildman–Crippen LogP) is 0.403. The van der Waals surface area contributed by atoms with Crippen LogP contribution in [0.4, 0.5) is 5.69 Å². The maximum atomic E-state index is 12.3. The van der Waals surface area contributed by atoms with E-state index in [1.165, 1.54) is 0 Å². The molecule has 1 aliphatic heterocycles. The van der Waals surface area contributed by atoms with Crippen molar-refractivity contribution in [1.29, 1.82) is 0 Å². The maximum Gasteiger partial charge on any atom is 0.340 e. The van der Waals surface area contributed by atoms with Gasteiger partial charge in [-0.1, -0.05) is 18.2 Å². The first-order valence-electron chi connectivity index (χ1n) is 6.76. The number of piperazine rings is 1. The van der Waals surface area contributed by atoms with Crippen LogP contribution in [0.5, 0.6) is 0 Å². The Morgan fingerprint density at radius 1 is 1.25 bits per heavy atom. The predicted molar refractivity (Wildman–Crippen MR) is 75.0 cm³/mol. The second-order valence-electron chi connectivity index (χ2n) is 4.40. The topological polar surface area (TPSA) is 61.9 Å². The van der Waals surface area contributed by atoms with Gasteiger partial charge in [0.15, 0.2) is 0 Å². The molecule has 1 aromatic carbocycles. The van der Waals surface area contributed by atoms with Gasteiger partial charge in [0.1, 0.15) is 0 Å². The number of anilines is 1. The van der Waals surface area contributed by atoms with Crippen LogP contribution in [0.3, 0.4) is 0 Å². The van der Waals surface area contributed by atoms with Gasteiger partial charge in [-0.2, -0.15) is 5.06 Å². The second kappa shape index (κ2) is 7.02. The minimum atomic E-state index is -0.653. The number of para-hydroxylation sites is 1. The van der Waals surface area contributed by atoms with E-state index in [0.29, 0.717) is 38.5 Å². The normalized spacial score (nSPS) is 14.9. The van der Waals surface area contributed by atoms with Gasteiger partial charge in [0.25, 0.3) is 0 Å². The lowest BCUT2D eigenvalue weighted by Crippen LogP contribution is -2.52. The SMILES string of the molecule is CCON(C(=O)C(=O)N1CCNCC1)c1ccccc1. The van der Waals surface area contributed by atoms with Crippen molar-refractivity contribution >= 4 is 17.5 Å². The fourth-order valence-electron chi connectivity index (χ4n) is 2.03. The third-order valence-corrected chi connectivity index (χ3v) is 3.02. The summed E-state index contributed by atoms with van der Waals surface area (Å²) in [6.45, 7) is 4.59. The van der Waals surface area contributed by atoms with Gasteiger partial charge in [-0.3, -0.25) is 14.4 Å². The molecule has 1 aliphatic rings. The molecule has 2 amide bonds. The number of rotatable bonds is 3. The number of carbonyl (C=O) groups is 2. The summed E-state index contributed by atoms with van der Waals surface area (Å²) in [6, 6.07) is 8.90. The Hall–Kier alpha value is -1.92. The Labute approximate surface area is 118 Å². The van der Waals surface area contributed by atoms with Crippen LogP contribution in [-0.2, 0) is 14.4 Å². The smallest absolute Gasteiger partial charge is 0.332 e. The molecular weight excluding hydrogens is 258 g/mol. The number of hydrogen-bond acceptors (Lipinski definition) is 4. The molecular formula is C14H19N3O3. The summed E-state index contributed by atoms with van der Waals surface area (Å²) in [5.74, 6) is -1.18. The van der Waals surface area contributed by atoms with Gasteiger partial charge in [0.2, 0.25) is 0 Å². The van der Waals surface area contributed by atoms with E-state index in [-0.39, 0.29) is 0 Å². The van der Waals surface area contributed by atoms with Crippen LogP contribution in [0.1, 0.15) is 6.92 Å². The first-order valence-corrected chi connectivity index (χ1v) is 6.76. The maximum absolute atomic E-state index is 12.3. The van der Waals surface area contributed by atoms with Crippen molar-refractivity contribution in [3.63, 3.8) is 0 Å².